The van der Waals surface area contributed by atoms with Crippen LogP contribution in [0.4, 0.5) is 26.3 Å². The van der Waals surface area contributed by atoms with E-state index in [2.05, 4.69) is 5.48 Å². The van der Waals surface area contributed by atoms with Crippen molar-refractivity contribution in [2.45, 2.75) is 96.8 Å². The zero-order chi connectivity index (χ0) is 31.8. The van der Waals surface area contributed by atoms with Crippen LogP contribution >= 0.6 is 8.60 Å². The Bertz CT molecular complexity index is 1080. The maximum Gasteiger partial charge on any atom is 0.419 e. The molecule has 2 aromatic rings. The highest BCUT2D eigenvalue weighted by molar-refractivity contribution is 7.41. The van der Waals surface area contributed by atoms with E-state index in [-0.39, 0.29) is 31.8 Å². The molecular formula is C29H40F6NO5P. The summed E-state index contributed by atoms with van der Waals surface area (Å²) < 4.78 is 102. The third kappa shape index (κ3) is 13.6. The van der Waals surface area contributed by atoms with Crippen LogP contribution in [-0.4, -0.2) is 35.7 Å². The van der Waals surface area contributed by atoms with E-state index in [0.29, 0.717) is 24.0 Å². The Labute approximate surface area is 244 Å². The van der Waals surface area contributed by atoms with Gasteiger partial charge in [0.05, 0.1) is 41.6 Å². The van der Waals surface area contributed by atoms with Crippen molar-refractivity contribution in [2.75, 3.05) is 13.2 Å². The molecule has 42 heavy (non-hydrogen) atoms. The summed E-state index contributed by atoms with van der Waals surface area (Å²) in [4.78, 5) is 0. The summed E-state index contributed by atoms with van der Waals surface area (Å²) in [5, 5.41) is 9.61. The summed E-state index contributed by atoms with van der Waals surface area (Å²) in [5.74, 6) is -0.330. The molecule has 6 nitrogen and oxygen atoms in total. The first-order chi connectivity index (χ1) is 19.3. The molecule has 0 aliphatic heterocycles. The fourth-order valence-corrected chi connectivity index (χ4v) is 4.93. The van der Waals surface area contributed by atoms with Crippen LogP contribution < -0.4 is 10.2 Å². The van der Waals surface area contributed by atoms with Crippen molar-refractivity contribution in [1.82, 2.24) is 5.48 Å². The summed E-state index contributed by atoms with van der Waals surface area (Å²) >= 11 is 0. The van der Waals surface area contributed by atoms with E-state index >= 15 is 0 Å². The van der Waals surface area contributed by atoms with E-state index in [4.69, 9.17) is 18.3 Å². The van der Waals surface area contributed by atoms with E-state index in [1.54, 1.807) is 0 Å². The zero-order valence-electron chi connectivity index (χ0n) is 24.7. The van der Waals surface area contributed by atoms with E-state index in [9.17, 15) is 31.5 Å². The van der Waals surface area contributed by atoms with E-state index in [1.165, 1.54) is 24.3 Å². The fraction of sp³-hybridized carbons (Fsp3) is 0.586. The number of halogens is 6. The van der Waals surface area contributed by atoms with Crippen LogP contribution in [0.3, 0.4) is 0 Å². The SMILES string of the molecule is CC(C)(C)OP(OCC(CCc1ccc(OCCCc2ccc(C(F)(F)F)cc2)c(C(F)(F)F)c1)NO)OC(C)(C)C. The highest BCUT2D eigenvalue weighted by Gasteiger charge is 2.35. The molecule has 238 valence electrons. The van der Waals surface area contributed by atoms with Crippen LogP contribution in [0.2, 0.25) is 0 Å². The summed E-state index contributed by atoms with van der Waals surface area (Å²) in [6.07, 6.45) is -7.97. The Morgan fingerprint density at radius 1 is 0.786 bits per heavy atom. The lowest BCUT2D eigenvalue weighted by Gasteiger charge is -2.31. The molecule has 0 aliphatic rings. The van der Waals surface area contributed by atoms with E-state index in [0.717, 1.165) is 18.2 Å². The Kier molecular flexibility index (Phi) is 13.1. The molecule has 2 N–H and O–H groups in total. The molecule has 0 aliphatic carbocycles. The van der Waals surface area contributed by atoms with Gasteiger partial charge in [0.25, 0.3) is 0 Å². The molecule has 0 saturated heterocycles. The van der Waals surface area contributed by atoms with Gasteiger partial charge in [-0.25, -0.2) is 5.48 Å². The van der Waals surface area contributed by atoms with Gasteiger partial charge in [-0.15, -0.1) is 0 Å². The number of ether oxygens (including phenoxy) is 1. The summed E-state index contributed by atoms with van der Waals surface area (Å²) in [5.41, 5.74) is 0.370. The molecule has 0 spiro atoms. The standard InChI is InChI=1S/C29H40F6NO5P/c1-26(2,3)40-42(41-27(4,5)6)39-19-23(36-37)15-11-21-12-16-25(24(18-21)29(33,34)35)38-17-7-8-20-9-13-22(14-10-20)28(30,31)32/h9-10,12-14,16,18,23,36-37H,7-8,11,15,17,19H2,1-6H3. The smallest absolute Gasteiger partial charge is 0.419 e. The Hall–Kier alpha value is -1.95. The lowest BCUT2D eigenvalue weighted by Crippen LogP contribution is -2.32. The number of rotatable bonds is 14. The van der Waals surface area contributed by atoms with E-state index in [1.807, 2.05) is 41.5 Å². The molecule has 1 unspecified atom stereocenters. The first-order valence-corrected chi connectivity index (χ1v) is 14.6. The van der Waals surface area contributed by atoms with Crippen molar-refractivity contribution in [3.05, 3.63) is 64.7 Å². The normalized spacial score (nSPS) is 14.0. The van der Waals surface area contributed by atoms with Crippen LogP contribution in [-0.2, 0) is 38.8 Å². The van der Waals surface area contributed by atoms with Crippen molar-refractivity contribution in [3.8, 4) is 5.75 Å². The van der Waals surface area contributed by atoms with Crippen LogP contribution in [0.15, 0.2) is 42.5 Å². The Morgan fingerprint density at radius 2 is 1.36 bits per heavy atom. The largest absolute Gasteiger partial charge is 0.493 e. The highest BCUT2D eigenvalue weighted by atomic mass is 31.2. The summed E-state index contributed by atoms with van der Waals surface area (Å²) in [6.45, 7) is 11.1. The number of alkyl halides is 6. The second-order valence-corrected chi connectivity index (χ2v) is 12.8. The Morgan fingerprint density at radius 3 is 1.86 bits per heavy atom. The van der Waals surface area contributed by atoms with Gasteiger partial charge in [-0.2, -0.15) is 26.3 Å². The van der Waals surface area contributed by atoms with Gasteiger partial charge < -0.3 is 23.5 Å². The van der Waals surface area contributed by atoms with Gasteiger partial charge >= 0.3 is 21.0 Å². The molecule has 0 radical (unpaired) electrons. The fourth-order valence-electron chi connectivity index (χ4n) is 3.59. The molecule has 2 rings (SSSR count). The van der Waals surface area contributed by atoms with Crippen molar-refractivity contribution in [1.29, 1.82) is 0 Å². The maximum atomic E-state index is 13.8. The minimum absolute atomic E-state index is 0.000614. The zero-order valence-corrected chi connectivity index (χ0v) is 25.6. The average Bonchev–Trinajstić information content (AvgIpc) is 2.84. The number of nitrogens with one attached hydrogen (secondary N) is 1. The number of aryl methyl sites for hydroxylation is 2. The first-order valence-electron chi connectivity index (χ1n) is 13.5. The molecule has 0 amide bonds. The van der Waals surface area contributed by atoms with Gasteiger partial charge in [0.1, 0.15) is 5.75 Å². The molecule has 0 aromatic heterocycles. The second-order valence-electron chi connectivity index (χ2n) is 11.8. The Balaban J connectivity index is 1.96. The van der Waals surface area contributed by atoms with Crippen LogP contribution in [0, 0.1) is 0 Å². The molecule has 2 aromatic carbocycles. The minimum atomic E-state index is -4.67. The maximum absolute atomic E-state index is 13.8. The molecule has 1 atom stereocenters. The lowest BCUT2D eigenvalue weighted by molar-refractivity contribution is -0.139. The van der Waals surface area contributed by atoms with Crippen molar-refractivity contribution < 1.29 is 49.9 Å². The highest BCUT2D eigenvalue weighted by Crippen LogP contribution is 2.47. The molecular weight excluding hydrogens is 587 g/mol. The number of hydroxylamine groups is 1. The van der Waals surface area contributed by atoms with Crippen LogP contribution in [0.25, 0.3) is 0 Å². The van der Waals surface area contributed by atoms with Gasteiger partial charge in [0.15, 0.2) is 0 Å². The first kappa shape index (κ1) is 36.2. The summed E-state index contributed by atoms with van der Waals surface area (Å²) in [6, 6.07) is 7.81. The monoisotopic (exact) mass is 627 g/mol. The van der Waals surface area contributed by atoms with Crippen LogP contribution in [0.1, 0.15) is 76.6 Å². The minimum Gasteiger partial charge on any atom is -0.493 e. The lowest BCUT2D eigenvalue weighted by atomic mass is 10.0. The van der Waals surface area contributed by atoms with Gasteiger partial charge in [-0.3, -0.25) is 0 Å². The number of hydrogen-bond acceptors (Lipinski definition) is 6. The molecule has 0 saturated carbocycles. The van der Waals surface area contributed by atoms with Gasteiger partial charge in [0, 0.05) is 0 Å². The second kappa shape index (κ2) is 15.2. The van der Waals surface area contributed by atoms with Crippen molar-refractivity contribution >= 4 is 8.60 Å². The number of benzene rings is 2. The summed E-state index contributed by atoms with van der Waals surface area (Å²) in [7, 11) is -1.76. The third-order valence-corrected chi connectivity index (χ3v) is 7.29. The van der Waals surface area contributed by atoms with Gasteiger partial charge in [-0.05, 0) is 103 Å². The number of hydrogen-bond donors (Lipinski definition) is 2. The predicted molar refractivity (Wildman–Crippen MR) is 148 cm³/mol. The molecule has 13 heteroatoms. The third-order valence-electron chi connectivity index (χ3n) is 5.54. The molecule has 0 bridgehead atoms. The van der Waals surface area contributed by atoms with Crippen molar-refractivity contribution in [2.24, 2.45) is 0 Å². The topological polar surface area (TPSA) is 69.2 Å². The van der Waals surface area contributed by atoms with E-state index < -0.39 is 49.3 Å². The van der Waals surface area contributed by atoms with Gasteiger partial charge in [0.2, 0.25) is 0 Å². The van der Waals surface area contributed by atoms with Gasteiger partial charge in [-0.1, -0.05) is 18.2 Å². The molecule has 0 fully saturated rings. The van der Waals surface area contributed by atoms with Crippen molar-refractivity contribution in [3.63, 3.8) is 0 Å². The molecule has 0 heterocycles. The quantitative estimate of drug-likeness (QED) is 0.0944. The predicted octanol–water partition coefficient (Wildman–Crippen LogP) is 8.89. The average molecular weight is 628 g/mol. The van der Waals surface area contributed by atoms with Crippen LogP contribution in [0.5, 0.6) is 5.75 Å².